The van der Waals surface area contributed by atoms with Gasteiger partial charge in [-0.1, -0.05) is 48.5 Å². The predicted molar refractivity (Wildman–Crippen MR) is 60.3 cm³/mol. The molecule has 15 heavy (non-hydrogen) atoms. The minimum Gasteiger partial charge on any atom is -0.198 e. The maximum absolute atomic E-state index is 3.49. The third-order valence-electron chi connectivity index (χ3n) is 1.99. The van der Waals surface area contributed by atoms with Gasteiger partial charge in [-0.05, 0) is 10.8 Å². The van der Waals surface area contributed by atoms with Crippen molar-refractivity contribution in [3.63, 3.8) is 0 Å². The average Bonchev–Trinajstić information content (AvgIpc) is 2.88. The van der Waals surface area contributed by atoms with Gasteiger partial charge in [-0.15, -0.1) is 0 Å². The molecular weight excluding hydrogens is 186 g/mol. The van der Waals surface area contributed by atoms with Crippen LogP contribution in [0, 0.1) is 0 Å². The molecule has 0 saturated heterocycles. The van der Waals surface area contributed by atoms with Crippen LogP contribution in [0.1, 0.15) is 0 Å². The molecule has 1 N–H and O–H groups in total. The summed E-state index contributed by atoms with van der Waals surface area (Å²) in [4.78, 5) is 0. The Morgan fingerprint density at radius 1 is 0.667 bits per heavy atom. The van der Waals surface area contributed by atoms with Crippen molar-refractivity contribution in [2.45, 2.75) is 0 Å². The molecule has 0 saturated carbocycles. The third kappa shape index (κ3) is 2.64. The second-order valence-corrected chi connectivity index (χ2v) is 3.00. The van der Waals surface area contributed by atoms with Crippen LogP contribution in [0.2, 0.25) is 0 Å². The Balaban J connectivity index is 0.000000144. The van der Waals surface area contributed by atoms with E-state index < -0.39 is 0 Å². The lowest BCUT2D eigenvalue weighted by atomic mass is 10.1. The van der Waals surface area contributed by atoms with E-state index in [0.29, 0.717) is 0 Å². The molecule has 0 bridgehead atoms. The maximum Gasteiger partial charge on any atom is 0.0690 e. The Morgan fingerprint density at radius 3 is 1.33 bits per heavy atom. The number of rotatable bonds is 0. The number of H-pyrrole nitrogens is 1. The fourth-order valence-corrected chi connectivity index (χ4v) is 1.30. The minimum atomic E-state index is 1.31. The van der Waals surface area contributed by atoms with Crippen LogP contribution in [-0.2, 0) is 0 Å². The Kier molecular flexibility index (Phi) is 3.07. The lowest BCUT2D eigenvalue weighted by molar-refractivity contribution is 0.940. The lowest BCUT2D eigenvalue weighted by Crippen LogP contribution is -1.67. The average molecular weight is 197 g/mol. The molecular formula is C12H11N3. The predicted octanol–water partition coefficient (Wildman–Crippen LogP) is 2.64. The van der Waals surface area contributed by atoms with Crippen LogP contribution < -0.4 is 0 Å². The van der Waals surface area contributed by atoms with Gasteiger partial charge in [-0.25, -0.2) is 0 Å². The van der Waals surface area contributed by atoms with Crippen molar-refractivity contribution < 1.29 is 0 Å². The van der Waals surface area contributed by atoms with Crippen molar-refractivity contribution in [3.05, 3.63) is 60.9 Å². The number of aromatic amines is 1. The van der Waals surface area contributed by atoms with Crippen LogP contribution in [0.25, 0.3) is 10.8 Å². The molecule has 0 aliphatic rings. The lowest BCUT2D eigenvalue weighted by Gasteiger charge is -1.92. The topological polar surface area (TPSA) is 41.6 Å². The highest BCUT2D eigenvalue weighted by atomic mass is 15.3. The first-order valence-corrected chi connectivity index (χ1v) is 4.70. The van der Waals surface area contributed by atoms with Gasteiger partial charge in [0, 0.05) is 0 Å². The zero-order valence-corrected chi connectivity index (χ0v) is 8.17. The molecule has 3 heteroatoms. The van der Waals surface area contributed by atoms with E-state index in [4.69, 9.17) is 0 Å². The molecule has 0 atom stereocenters. The van der Waals surface area contributed by atoms with E-state index in [1.54, 1.807) is 12.4 Å². The molecule has 0 radical (unpaired) electrons. The van der Waals surface area contributed by atoms with Gasteiger partial charge >= 0.3 is 0 Å². The first-order chi connectivity index (χ1) is 7.47. The highest BCUT2D eigenvalue weighted by Gasteiger charge is 1.85. The minimum absolute atomic E-state index is 1.31. The third-order valence-corrected chi connectivity index (χ3v) is 1.99. The Hall–Kier alpha value is -2.16. The van der Waals surface area contributed by atoms with E-state index in [2.05, 4.69) is 63.9 Å². The zero-order valence-electron chi connectivity index (χ0n) is 8.17. The number of aromatic nitrogens is 3. The second kappa shape index (κ2) is 4.91. The summed E-state index contributed by atoms with van der Waals surface area (Å²) in [7, 11) is 0. The smallest absolute Gasteiger partial charge is 0.0690 e. The molecule has 1 aromatic heterocycles. The van der Waals surface area contributed by atoms with E-state index in [1.807, 2.05) is 0 Å². The van der Waals surface area contributed by atoms with Gasteiger partial charge in [-0.3, -0.25) is 0 Å². The molecule has 0 amide bonds. The molecule has 0 fully saturated rings. The van der Waals surface area contributed by atoms with Crippen LogP contribution in [0.3, 0.4) is 0 Å². The van der Waals surface area contributed by atoms with Crippen molar-refractivity contribution in [3.8, 4) is 0 Å². The normalized spacial score (nSPS) is 9.33. The number of nitrogens with one attached hydrogen (secondary N) is 1. The summed E-state index contributed by atoms with van der Waals surface area (Å²) in [5.41, 5.74) is 0. The molecule has 2 aromatic carbocycles. The van der Waals surface area contributed by atoms with E-state index >= 15 is 0 Å². The van der Waals surface area contributed by atoms with E-state index in [0.717, 1.165) is 0 Å². The molecule has 3 aromatic rings. The largest absolute Gasteiger partial charge is 0.198 e. The van der Waals surface area contributed by atoms with Gasteiger partial charge < -0.3 is 0 Å². The van der Waals surface area contributed by atoms with Crippen molar-refractivity contribution in [1.29, 1.82) is 0 Å². The van der Waals surface area contributed by atoms with Crippen LogP contribution in [0.4, 0.5) is 0 Å². The van der Waals surface area contributed by atoms with Gasteiger partial charge in [0.15, 0.2) is 0 Å². The molecule has 0 unspecified atom stereocenters. The number of fused-ring (bicyclic) bond motifs is 1. The van der Waals surface area contributed by atoms with Crippen LogP contribution in [0.15, 0.2) is 60.9 Å². The summed E-state index contributed by atoms with van der Waals surface area (Å²) in [6.07, 6.45) is 3.17. The van der Waals surface area contributed by atoms with Gasteiger partial charge in [0.1, 0.15) is 0 Å². The van der Waals surface area contributed by atoms with E-state index in [-0.39, 0.29) is 0 Å². The zero-order chi connectivity index (χ0) is 10.3. The summed E-state index contributed by atoms with van der Waals surface area (Å²) in [5, 5.41) is 12.0. The summed E-state index contributed by atoms with van der Waals surface area (Å²) in [5.74, 6) is 0. The molecule has 3 nitrogen and oxygen atoms in total. The molecule has 0 aliphatic heterocycles. The van der Waals surface area contributed by atoms with Gasteiger partial charge in [0.05, 0.1) is 12.4 Å². The monoisotopic (exact) mass is 197 g/mol. The molecule has 3 rings (SSSR count). The van der Waals surface area contributed by atoms with Crippen molar-refractivity contribution in [2.75, 3.05) is 0 Å². The van der Waals surface area contributed by atoms with Gasteiger partial charge in [0.25, 0.3) is 0 Å². The van der Waals surface area contributed by atoms with E-state index in [1.165, 1.54) is 10.8 Å². The molecule has 1 heterocycles. The first kappa shape index (κ1) is 9.40. The van der Waals surface area contributed by atoms with Crippen LogP contribution >= 0.6 is 0 Å². The second-order valence-electron chi connectivity index (χ2n) is 3.00. The molecule has 0 aliphatic carbocycles. The summed E-state index contributed by atoms with van der Waals surface area (Å²) < 4.78 is 0. The Morgan fingerprint density at radius 2 is 1.07 bits per heavy atom. The number of benzene rings is 2. The standard InChI is InChI=1S/C10H8.C2H3N3/c1-2-6-10-8-4-3-7-9(10)5-1;1-2-4-5-3-1/h1-8H;1-2H,(H,3,4,5). The SMILES string of the molecule is c1ccc2ccccc2c1.c1cn[nH]n1. The van der Waals surface area contributed by atoms with Crippen molar-refractivity contribution >= 4 is 10.8 Å². The fraction of sp³-hybridized carbons (Fsp3) is 0. The number of nitrogens with zero attached hydrogens (tertiary/aromatic N) is 2. The highest BCUT2D eigenvalue weighted by molar-refractivity contribution is 5.81. The Labute approximate surface area is 87.8 Å². The number of hydrogen-bond donors (Lipinski definition) is 1. The highest BCUT2D eigenvalue weighted by Crippen LogP contribution is 2.11. The summed E-state index contributed by atoms with van der Waals surface area (Å²) >= 11 is 0. The summed E-state index contributed by atoms with van der Waals surface area (Å²) in [6.45, 7) is 0. The molecule has 0 spiro atoms. The van der Waals surface area contributed by atoms with E-state index in [9.17, 15) is 0 Å². The maximum atomic E-state index is 3.49. The van der Waals surface area contributed by atoms with Gasteiger partial charge in [-0.2, -0.15) is 15.4 Å². The Bertz CT molecular complexity index is 420. The van der Waals surface area contributed by atoms with Gasteiger partial charge in [0.2, 0.25) is 0 Å². The number of hydrogen-bond acceptors (Lipinski definition) is 2. The summed E-state index contributed by atoms with van der Waals surface area (Å²) in [6, 6.07) is 16.7. The van der Waals surface area contributed by atoms with Crippen LogP contribution in [0.5, 0.6) is 0 Å². The van der Waals surface area contributed by atoms with Crippen molar-refractivity contribution in [2.24, 2.45) is 0 Å². The molecule has 74 valence electrons. The fourth-order valence-electron chi connectivity index (χ4n) is 1.30. The van der Waals surface area contributed by atoms with Crippen LogP contribution in [-0.4, -0.2) is 15.4 Å². The first-order valence-electron chi connectivity index (χ1n) is 4.70. The quantitative estimate of drug-likeness (QED) is 0.602. The van der Waals surface area contributed by atoms with Crippen molar-refractivity contribution in [1.82, 2.24) is 15.4 Å².